The average Bonchev–Trinajstić information content (AvgIpc) is 2.33. The lowest BCUT2D eigenvalue weighted by molar-refractivity contribution is 0.0534. The van der Waals surface area contributed by atoms with E-state index in [1.807, 2.05) is 0 Å². The van der Waals surface area contributed by atoms with Gasteiger partial charge in [-0.15, -0.1) is 0 Å². The van der Waals surface area contributed by atoms with Crippen LogP contribution in [-0.2, 0) is 4.74 Å². The van der Waals surface area contributed by atoms with Crippen LogP contribution in [0.5, 0.6) is 0 Å². The van der Waals surface area contributed by atoms with Gasteiger partial charge in [0.25, 0.3) is 0 Å². The van der Waals surface area contributed by atoms with E-state index in [2.05, 4.69) is 17.2 Å². The largest absolute Gasteiger partial charge is 0.478 e. The lowest BCUT2D eigenvalue weighted by atomic mass is 10.1. The highest BCUT2D eigenvalue weighted by Crippen LogP contribution is 2.16. The Morgan fingerprint density at radius 2 is 2.05 bits per heavy atom. The molecule has 1 amide bonds. The fraction of sp³-hybridized carbons (Fsp3) is 0.333. The number of aromatic carboxylic acids is 1. The van der Waals surface area contributed by atoms with Crippen molar-refractivity contribution in [3.8, 4) is 11.8 Å². The molecule has 0 fully saturated rings. The summed E-state index contributed by atoms with van der Waals surface area (Å²) >= 11 is 5.92. The van der Waals surface area contributed by atoms with Gasteiger partial charge in [-0.05, 0) is 39.0 Å². The zero-order valence-corrected chi connectivity index (χ0v) is 12.7. The van der Waals surface area contributed by atoms with E-state index in [1.165, 1.54) is 18.2 Å². The van der Waals surface area contributed by atoms with Gasteiger partial charge in [-0.1, -0.05) is 23.4 Å². The molecular weight excluding hydrogens is 294 g/mol. The van der Waals surface area contributed by atoms with Gasteiger partial charge in [-0.3, -0.25) is 0 Å². The Hall–Kier alpha value is -2.19. The summed E-state index contributed by atoms with van der Waals surface area (Å²) in [5.41, 5.74) is 0.0260. The maximum atomic E-state index is 11.4. The molecule has 0 aliphatic rings. The molecule has 112 valence electrons. The van der Waals surface area contributed by atoms with Gasteiger partial charge in [0.1, 0.15) is 5.60 Å². The SMILES string of the molecule is CC(C)(C)OC(=O)NCC#Cc1ccc(C(=O)O)cc1Cl. The lowest BCUT2D eigenvalue weighted by Crippen LogP contribution is -2.32. The number of hydrogen-bond acceptors (Lipinski definition) is 3. The van der Waals surface area contributed by atoms with Gasteiger partial charge in [0.2, 0.25) is 0 Å². The zero-order valence-electron chi connectivity index (χ0n) is 12.0. The molecule has 0 aliphatic carbocycles. The standard InChI is InChI=1S/C15H16ClNO4/c1-15(2,3)21-14(20)17-8-4-5-10-6-7-11(13(18)19)9-12(10)16/h6-7,9H,8H2,1-3H3,(H,17,20)(H,18,19). The number of ether oxygens (including phenoxy) is 1. The number of rotatable bonds is 2. The highest BCUT2D eigenvalue weighted by atomic mass is 35.5. The predicted molar refractivity (Wildman–Crippen MR) is 79.5 cm³/mol. The predicted octanol–water partition coefficient (Wildman–Crippen LogP) is 2.91. The van der Waals surface area contributed by atoms with Crippen LogP contribution in [0.15, 0.2) is 18.2 Å². The molecule has 1 rings (SSSR count). The summed E-state index contributed by atoms with van der Waals surface area (Å²) in [5.74, 6) is 4.41. The van der Waals surface area contributed by atoms with Gasteiger partial charge in [-0.2, -0.15) is 0 Å². The first-order chi connectivity index (χ1) is 9.69. The molecule has 0 bridgehead atoms. The molecular formula is C15H16ClNO4. The average molecular weight is 310 g/mol. The summed E-state index contributed by atoms with van der Waals surface area (Å²) in [6.07, 6.45) is -0.552. The Morgan fingerprint density at radius 3 is 2.57 bits per heavy atom. The number of nitrogens with one attached hydrogen (secondary N) is 1. The molecule has 21 heavy (non-hydrogen) atoms. The Labute approximate surface area is 128 Å². The summed E-state index contributed by atoms with van der Waals surface area (Å²) in [5, 5.41) is 11.5. The lowest BCUT2D eigenvalue weighted by Gasteiger charge is -2.19. The molecule has 1 aromatic rings. The second-order valence-electron chi connectivity index (χ2n) is 5.16. The number of halogens is 1. The van der Waals surface area contributed by atoms with Gasteiger partial charge in [-0.25, -0.2) is 9.59 Å². The monoisotopic (exact) mass is 309 g/mol. The van der Waals surface area contributed by atoms with Crippen molar-refractivity contribution in [2.75, 3.05) is 6.54 Å². The highest BCUT2D eigenvalue weighted by Gasteiger charge is 2.15. The number of carboxylic acids is 1. The van der Waals surface area contributed by atoms with Crippen molar-refractivity contribution < 1.29 is 19.4 Å². The van der Waals surface area contributed by atoms with E-state index < -0.39 is 17.7 Å². The minimum Gasteiger partial charge on any atom is -0.478 e. The van der Waals surface area contributed by atoms with E-state index in [1.54, 1.807) is 20.8 Å². The fourth-order valence-electron chi connectivity index (χ4n) is 1.32. The Bertz CT molecular complexity index is 608. The normalized spacial score (nSPS) is 10.3. The van der Waals surface area contributed by atoms with Crippen molar-refractivity contribution in [2.24, 2.45) is 0 Å². The van der Waals surface area contributed by atoms with Crippen LogP contribution in [0.3, 0.4) is 0 Å². The quantitative estimate of drug-likeness (QED) is 0.824. The molecule has 0 heterocycles. The van der Waals surface area contributed by atoms with E-state index in [0.29, 0.717) is 5.56 Å². The van der Waals surface area contributed by atoms with Crippen LogP contribution in [0.1, 0.15) is 36.7 Å². The minimum absolute atomic E-state index is 0.0948. The molecule has 0 unspecified atom stereocenters. The summed E-state index contributed by atoms with van der Waals surface area (Å²) in [6, 6.07) is 4.26. The van der Waals surface area contributed by atoms with Crippen LogP contribution in [-0.4, -0.2) is 29.3 Å². The molecule has 0 aliphatic heterocycles. The molecule has 0 atom stereocenters. The third-order valence-corrected chi connectivity index (χ3v) is 2.47. The fourth-order valence-corrected chi connectivity index (χ4v) is 1.55. The van der Waals surface area contributed by atoms with Crippen molar-refractivity contribution in [1.29, 1.82) is 0 Å². The highest BCUT2D eigenvalue weighted by molar-refractivity contribution is 6.32. The molecule has 0 saturated carbocycles. The maximum absolute atomic E-state index is 11.4. The molecule has 0 aromatic heterocycles. The van der Waals surface area contributed by atoms with Gasteiger partial charge < -0.3 is 15.2 Å². The minimum atomic E-state index is -1.05. The maximum Gasteiger partial charge on any atom is 0.408 e. The summed E-state index contributed by atoms with van der Waals surface area (Å²) in [6.45, 7) is 5.40. The van der Waals surface area contributed by atoms with Crippen LogP contribution >= 0.6 is 11.6 Å². The van der Waals surface area contributed by atoms with Crippen molar-refractivity contribution in [3.05, 3.63) is 34.3 Å². The molecule has 0 spiro atoms. The number of carbonyl (C=O) groups is 2. The summed E-state index contributed by atoms with van der Waals surface area (Å²) in [4.78, 5) is 22.1. The van der Waals surface area contributed by atoms with Crippen LogP contribution in [0.4, 0.5) is 4.79 Å². The van der Waals surface area contributed by atoms with Crippen molar-refractivity contribution >= 4 is 23.7 Å². The molecule has 2 N–H and O–H groups in total. The van der Waals surface area contributed by atoms with E-state index in [-0.39, 0.29) is 17.1 Å². The Balaban J connectivity index is 2.60. The van der Waals surface area contributed by atoms with Gasteiger partial charge in [0.05, 0.1) is 17.1 Å². The topological polar surface area (TPSA) is 75.6 Å². The second-order valence-corrected chi connectivity index (χ2v) is 5.56. The molecule has 0 radical (unpaired) electrons. The number of alkyl carbamates (subject to hydrolysis) is 1. The van der Waals surface area contributed by atoms with E-state index in [0.717, 1.165) is 0 Å². The van der Waals surface area contributed by atoms with Crippen LogP contribution in [0.25, 0.3) is 0 Å². The van der Waals surface area contributed by atoms with Gasteiger partial charge in [0, 0.05) is 5.56 Å². The van der Waals surface area contributed by atoms with Crippen LogP contribution in [0, 0.1) is 11.8 Å². The van der Waals surface area contributed by atoms with E-state index >= 15 is 0 Å². The number of amides is 1. The Kier molecular flexibility index (Phi) is 5.62. The van der Waals surface area contributed by atoms with E-state index in [4.69, 9.17) is 21.4 Å². The number of hydrogen-bond donors (Lipinski definition) is 2. The second kappa shape index (κ2) is 7.00. The van der Waals surface area contributed by atoms with Crippen molar-refractivity contribution in [1.82, 2.24) is 5.32 Å². The third kappa shape index (κ3) is 6.19. The molecule has 0 saturated heterocycles. The van der Waals surface area contributed by atoms with Crippen LogP contribution in [0.2, 0.25) is 5.02 Å². The first kappa shape index (κ1) is 16.9. The van der Waals surface area contributed by atoms with Gasteiger partial charge in [0.15, 0.2) is 0 Å². The van der Waals surface area contributed by atoms with Gasteiger partial charge >= 0.3 is 12.1 Å². The first-order valence-electron chi connectivity index (χ1n) is 6.17. The van der Waals surface area contributed by atoms with Crippen LogP contribution < -0.4 is 5.32 Å². The zero-order chi connectivity index (χ0) is 16.0. The smallest absolute Gasteiger partial charge is 0.408 e. The van der Waals surface area contributed by atoms with Crippen molar-refractivity contribution in [2.45, 2.75) is 26.4 Å². The first-order valence-corrected chi connectivity index (χ1v) is 6.55. The number of carbonyl (C=O) groups excluding carboxylic acids is 1. The summed E-state index contributed by atoms with van der Waals surface area (Å²) in [7, 11) is 0. The van der Waals surface area contributed by atoms with Crippen molar-refractivity contribution in [3.63, 3.8) is 0 Å². The Morgan fingerprint density at radius 1 is 1.38 bits per heavy atom. The number of carboxylic acid groups (broad SMARTS) is 1. The molecule has 6 heteroatoms. The molecule has 1 aromatic carbocycles. The van der Waals surface area contributed by atoms with E-state index in [9.17, 15) is 9.59 Å². The third-order valence-electron chi connectivity index (χ3n) is 2.16. The number of benzene rings is 1. The molecule has 5 nitrogen and oxygen atoms in total. The summed E-state index contributed by atoms with van der Waals surface area (Å²) < 4.78 is 5.05.